The van der Waals surface area contributed by atoms with Crippen LogP contribution in [0.5, 0.6) is 0 Å². The van der Waals surface area contributed by atoms with Crippen molar-refractivity contribution in [2.24, 2.45) is 4.99 Å². The molecule has 0 fully saturated rings. The molecular weight excluding hydrogens is 218 g/mol. The predicted molar refractivity (Wildman–Crippen MR) is 72.5 cm³/mol. The number of benzene rings is 1. The van der Waals surface area contributed by atoms with Crippen LogP contribution in [-0.2, 0) is 0 Å². The quantitative estimate of drug-likeness (QED) is 0.584. The van der Waals surface area contributed by atoms with E-state index < -0.39 is 0 Å². The number of aliphatic imine (C=N–C) groups is 1. The largest absolute Gasteiger partial charge is 0.396 e. The Morgan fingerprint density at radius 2 is 2.06 bits per heavy atom. The zero-order chi connectivity index (χ0) is 11.6. The second-order valence-electron chi connectivity index (χ2n) is 3.66. The van der Waals surface area contributed by atoms with Crippen LogP contribution >= 0.6 is 11.8 Å². The van der Waals surface area contributed by atoms with Crippen molar-refractivity contribution in [3.05, 3.63) is 35.9 Å². The molecule has 3 heteroatoms. The summed E-state index contributed by atoms with van der Waals surface area (Å²) in [5.41, 5.74) is 1.15. The molecule has 0 aliphatic heterocycles. The molecular formula is C13H19NOS. The van der Waals surface area contributed by atoms with E-state index in [0.717, 1.165) is 23.5 Å². The van der Waals surface area contributed by atoms with Gasteiger partial charge in [-0.25, -0.2) is 0 Å². The molecule has 88 valence electrons. The Morgan fingerprint density at radius 3 is 2.75 bits per heavy atom. The van der Waals surface area contributed by atoms with Gasteiger partial charge in [0.15, 0.2) is 0 Å². The summed E-state index contributed by atoms with van der Waals surface area (Å²) in [6.07, 6.45) is 3.00. The fraction of sp³-hybridized carbons (Fsp3) is 0.462. The molecule has 2 nitrogen and oxygen atoms in total. The number of hydrogen-bond donors (Lipinski definition) is 1. The first-order valence-electron chi connectivity index (χ1n) is 5.59. The highest BCUT2D eigenvalue weighted by Crippen LogP contribution is 2.06. The van der Waals surface area contributed by atoms with Crippen LogP contribution in [0, 0.1) is 0 Å². The third kappa shape index (κ3) is 5.93. The lowest BCUT2D eigenvalue weighted by molar-refractivity contribution is 0.322. The van der Waals surface area contributed by atoms with Gasteiger partial charge < -0.3 is 5.11 Å². The molecule has 0 spiro atoms. The standard InChI is InChI=1S/C13H19NOS/c1-12(7-9-16-10-8-15)14-11-13-5-3-2-4-6-13/h2-6,11-12,15H,7-10H2,1H3. The van der Waals surface area contributed by atoms with E-state index in [4.69, 9.17) is 5.11 Å². The molecule has 1 aromatic rings. The number of nitrogens with zero attached hydrogens (tertiary/aromatic N) is 1. The van der Waals surface area contributed by atoms with Crippen molar-refractivity contribution in [1.29, 1.82) is 0 Å². The van der Waals surface area contributed by atoms with Crippen molar-refractivity contribution in [2.75, 3.05) is 18.1 Å². The summed E-state index contributed by atoms with van der Waals surface area (Å²) in [7, 11) is 0. The molecule has 1 aromatic carbocycles. The fourth-order valence-electron chi connectivity index (χ4n) is 1.25. The molecule has 0 saturated carbocycles. The molecule has 0 heterocycles. The molecule has 0 radical (unpaired) electrons. The molecule has 0 saturated heterocycles. The Labute approximate surface area is 102 Å². The third-order valence-electron chi connectivity index (χ3n) is 2.19. The highest BCUT2D eigenvalue weighted by molar-refractivity contribution is 7.99. The first kappa shape index (κ1) is 13.3. The van der Waals surface area contributed by atoms with Crippen LogP contribution in [0.4, 0.5) is 0 Å². The van der Waals surface area contributed by atoms with Gasteiger partial charge in [-0.1, -0.05) is 30.3 Å². The molecule has 1 unspecified atom stereocenters. The van der Waals surface area contributed by atoms with Crippen molar-refractivity contribution in [3.8, 4) is 0 Å². The van der Waals surface area contributed by atoms with Gasteiger partial charge in [0.25, 0.3) is 0 Å². The van der Waals surface area contributed by atoms with Crippen LogP contribution in [0.15, 0.2) is 35.3 Å². The molecule has 0 bridgehead atoms. The predicted octanol–water partition coefficient (Wildman–Crippen LogP) is 2.61. The van der Waals surface area contributed by atoms with Gasteiger partial charge in [0.2, 0.25) is 0 Å². The second kappa shape index (κ2) is 8.36. The summed E-state index contributed by atoms with van der Waals surface area (Å²) < 4.78 is 0. The maximum atomic E-state index is 8.63. The van der Waals surface area contributed by atoms with E-state index in [1.54, 1.807) is 11.8 Å². The van der Waals surface area contributed by atoms with Gasteiger partial charge in [-0.15, -0.1) is 0 Å². The molecule has 1 rings (SSSR count). The van der Waals surface area contributed by atoms with Gasteiger partial charge >= 0.3 is 0 Å². The third-order valence-corrected chi connectivity index (χ3v) is 3.19. The van der Waals surface area contributed by atoms with Gasteiger partial charge in [0.1, 0.15) is 0 Å². The van der Waals surface area contributed by atoms with E-state index in [1.807, 2.05) is 24.4 Å². The lowest BCUT2D eigenvalue weighted by Gasteiger charge is -2.04. The van der Waals surface area contributed by atoms with Crippen LogP contribution in [-0.4, -0.2) is 35.5 Å². The molecule has 1 atom stereocenters. The topological polar surface area (TPSA) is 32.6 Å². The van der Waals surface area contributed by atoms with Gasteiger partial charge in [-0.2, -0.15) is 11.8 Å². The zero-order valence-corrected chi connectivity index (χ0v) is 10.5. The number of aliphatic hydroxyl groups is 1. The van der Waals surface area contributed by atoms with Crippen LogP contribution in [0.3, 0.4) is 0 Å². The van der Waals surface area contributed by atoms with Crippen molar-refractivity contribution in [2.45, 2.75) is 19.4 Å². The summed E-state index contributed by atoms with van der Waals surface area (Å²) in [6, 6.07) is 10.5. The summed E-state index contributed by atoms with van der Waals surface area (Å²) in [5, 5.41) is 8.63. The Hall–Kier alpha value is -0.800. The summed E-state index contributed by atoms with van der Waals surface area (Å²) >= 11 is 1.78. The minimum absolute atomic E-state index is 0.270. The number of hydrogen-bond acceptors (Lipinski definition) is 3. The van der Waals surface area contributed by atoms with Crippen molar-refractivity contribution >= 4 is 18.0 Å². The van der Waals surface area contributed by atoms with Crippen LogP contribution in [0.1, 0.15) is 18.9 Å². The highest BCUT2D eigenvalue weighted by Gasteiger charge is 1.97. The minimum atomic E-state index is 0.270. The molecule has 0 aromatic heterocycles. The maximum Gasteiger partial charge on any atom is 0.0521 e. The van der Waals surface area contributed by atoms with Gasteiger partial charge in [0, 0.05) is 18.0 Å². The SMILES string of the molecule is CC(CCSCCO)N=Cc1ccccc1. The van der Waals surface area contributed by atoms with E-state index in [-0.39, 0.29) is 6.61 Å². The second-order valence-corrected chi connectivity index (χ2v) is 4.89. The van der Waals surface area contributed by atoms with E-state index in [0.29, 0.717) is 6.04 Å². The van der Waals surface area contributed by atoms with E-state index in [2.05, 4.69) is 24.0 Å². The van der Waals surface area contributed by atoms with Crippen LogP contribution < -0.4 is 0 Å². The van der Waals surface area contributed by atoms with Gasteiger partial charge in [-0.3, -0.25) is 4.99 Å². The summed E-state index contributed by atoms with van der Waals surface area (Å²) in [5.74, 6) is 1.89. The number of thioether (sulfide) groups is 1. The normalized spacial score (nSPS) is 13.1. The van der Waals surface area contributed by atoms with E-state index in [9.17, 15) is 0 Å². The average molecular weight is 237 g/mol. The van der Waals surface area contributed by atoms with Gasteiger partial charge in [-0.05, 0) is 24.7 Å². The van der Waals surface area contributed by atoms with E-state index >= 15 is 0 Å². The fourth-order valence-corrected chi connectivity index (χ4v) is 2.09. The average Bonchev–Trinajstić information content (AvgIpc) is 2.33. The monoisotopic (exact) mass is 237 g/mol. The lowest BCUT2D eigenvalue weighted by atomic mass is 10.2. The Morgan fingerprint density at radius 1 is 1.31 bits per heavy atom. The minimum Gasteiger partial charge on any atom is -0.396 e. The smallest absolute Gasteiger partial charge is 0.0521 e. The Balaban J connectivity index is 2.23. The first-order chi connectivity index (χ1) is 7.83. The van der Waals surface area contributed by atoms with Gasteiger partial charge in [0.05, 0.1) is 6.61 Å². The lowest BCUT2D eigenvalue weighted by Crippen LogP contribution is -2.01. The zero-order valence-electron chi connectivity index (χ0n) is 9.67. The van der Waals surface area contributed by atoms with E-state index in [1.165, 1.54) is 0 Å². The van der Waals surface area contributed by atoms with Crippen molar-refractivity contribution in [1.82, 2.24) is 0 Å². The molecule has 0 amide bonds. The molecule has 1 N–H and O–H groups in total. The molecule has 0 aliphatic carbocycles. The summed E-state index contributed by atoms with van der Waals surface area (Å²) in [6.45, 7) is 2.39. The van der Waals surface area contributed by atoms with Crippen molar-refractivity contribution in [3.63, 3.8) is 0 Å². The highest BCUT2D eigenvalue weighted by atomic mass is 32.2. The maximum absolute atomic E-state index is 8.63. The van der Waals surface area contributed by atoms with Crippen LogP contribution in [0.2, 0.25) is 0 Å². The number of aliphatic hydroxyl groups excluding tert-OH is 1. The Bertz CT molecular complexity index is 300. The van der Waals surface area contributed by atoms with Crippen molar-refractivity contribution < 1.29 is 5.11 Å². The molecule has 0 aliphatic rings. The first-order valence-corrected chi connectivity index (χ1v) is 6.75. The summed E-state index contributed by atoms with van der Waals surface area (Å²) in [4.78, 5) is 4.49. The van der Waals surface area contributed by atoms with Crippen LogP contribution in [0.25, 0.3) is 0 Å². The number of rotatable bonds is 7. The molecule has 16 heavy (non-hydrogen) atoms. The Kier molecular flexibility index (Phi) is 6.93.